The maximum Gasteiger partial charge on any atom is 0.245 e. The van der Waals surface area contributed by atoms with E-state index in [1.807, 2.05) is 45.0 Å². The number of carbonyl (C=O) groups is 2. The van der Waals surface area contributed by atoms with E-state index in [1.165, 1.54) is 0 Å². The lowest BCUT2D eigenvalue weighted by molar-refractivity contribution is -0.139. The smallest absolute Gasteiger partial charge is 0.245 e. The molecule has 2 aliphatic rings. The van der Waals surface area contributed by atoms with Crippen LogP contribution >= 0.6 is 15.9 Å². The Hall–Kier alpha value is -3.50. The quantitative estimate of drug-likeness (QED) is 0.296. The number of benzene rings is 1. The molecule has 1 aliphatic carbocycles. The number of aromatic nitrogens is 5. The first-order chi connectivity index (χ1) is 19.4. The molecule has 1 saturated heterocycles. The standard InChI is InChI=1S/C31H33BrN6O3/c1-16-6-7-27(32)35-23(16)10-25(40)24-11-31(5)12-26(31)38(24)28(41)15-37-30-17(2)8-20(21-13-33-19(4)34-14-21)9-22(30)29(36-37)18(3)39/h6-9,13-14,18,24,26,39H,10-12,15H2,1-5H3/t18?,24-,26+,31-/m0/s1. The van der Waals surface area contributed by atoms with E-state index >= 15 is 0 Å². The first-order valence-electron chi connectivity index (χ1n) is 13.9. The molecule has 0 radical (unpaired) electrons. The van der Waals surface area contributed by atoms with Gasteiger partial charge in [0.2, 0.25) is 5.91 Å². The Balaban J connectivity index is 1.31. The van der Waals surface area contributed by atoms with Crippen LogP contribution in [0.3, 0.4) is 0 Å². The van der Waals surface area contributed by atoms with Crippen molar-refractivity contribution in [2.75, 3.05) is 0 Å². The second-order valence-corrected chi connectivity index (χ2v) is 12.7. The summed E-state index contributed by atoms with van der Waals surface area (Å²) < 4.78 is 2.37. The summed E-state index contributed by atoms with van der Waals surface area (Å²) in [7, 11) is 0. The van der Waals surface area contributed by atoms with Gasteiger partial charge < -0.3 is 10.0 Å². The van der Waals surface area contributed by atoms with E-state index < -0.39 is 12.1 Å². The first kappa shape index (κ1) is 27.7. The lowest BCUT2D eigenvalue weighted by Crippen LogP contribution is -2.45. The van der Waals surface area contributed by atoms with Gasteiger partial charge >= 0.3 is 0 Å². The fraction of sp³-hybridized carbons (Fsp3) is 0.419. The average Bonchev–Trinajstić information content (AvgIpc) is 3.27. The van der Waals surface area contributed by atoms with Gasteiger partial charge in [-0.3, -0.25) is 14.3 Å². The molecule has 1 amide bonds. The lowest BCUT2D eigenvalue weighted by Gasteiger charge is -2.27. The highest BCUT2D eigenvalue weighted by Gasteiger charge is 2.64. The molecule has 212 valence electrons. The number of aliphatic hydroxyl groups is 1. The number of hydrogen-bond donors (Lipinski definition) is 1. The highest BCUT2D eigenvalue weighted by molar-refractivity contribution is 9.10. The van der Waals surface area contributed by atoms with Gasteiger partial charge in [0.15, 0.2) is 5.78 Å². The molecule has 3 aromatic heterocycles. The first-order valence-corrected chi connectivity index (χ1v) is 14.7. The second-order valence-electron chi connectivity index (χ2n) is 11.9. The third kappa shape index (κ3) is 4.97. The Morgan fingerprint density at radius 1 is 1.10 bits per heavy atom. The van der Waals surface area contributed by atoms with Gasteiger partial charge in [-0.05, 0) is 96.8 Å². The minimum absolute atomic E-state index is 0.0107. The minimum atomic E-state index is -0.827. The van der Waals surface area contributed by atoms with Crippen LogP contribution in [0.15, 0.2) is 41.3 Å². The number of nitrogens with zero attached hydrogens (tertiary/aromatic N) is 6. The van der Waals surface area contributed by atoms with E-state index in [-0.39, 0.29) is 36.1 Å². The van der Waals surface area contributed by atoms with Crippen LogP contribution in [0.1, 0.15) is 61.1 Å². The molecular formula is C31H33BrN6O3. The Kier molecular flexibility index (Phi) is 6.81. The van der Waals surface area contributed by atoms with E-state index in [9.17, 15) is 14.7 Å². The third-order valence-corrected chi connectivity index (χ3v) is 9.10. The molecule has 0 spiro atoms. The molecule has 41 heavy (non-hydrogen) atoms. The number of carbonyl (C=O) groups excluding carboxylic acids is 2. The van der Waals surface area contributed by atoms with Crippen molar-refractivity contribution in [1.29, 1.82) is 0 Å². The molecule has 1 aliphatic heterocycles. The predicted molar refractivity (Wildman–Crippen MR) is 158 cm³/mol. The second kappa shape index (κ2) is 10.1. The maximum atomic E-state index is 13.9. The Morgan fingerprint density at radius 3 is 2.54 bits per heavy atom. The Bertz CT molecular complexity index is 1700. The molecule has 1 aromatic carbocycles. The van der Waals surface area contributed by atoms with Crippen LogP contribution in [0.25, 0.3) is 22.0 Å². The zero-order chi connectivity index (χ0) is 29.2. The summed E-state index contributed by atoms with van der Waals surface area (Å²) in [5.74, 6) is 0.568. The van der Waals surface area contributed by atoms with E-state index in [4.69, 9.17) is 5.10 Å². The predicted octanol–water partition coefficient (Wildman–Crippen LogP) is 4.82. The Morgan fingerprint density at radius 2 is 1.83 bits per heavy atom. The molecule has 1 saturated carbocycles. The van der Waals surface area contributed by atoms with Crippen molar-refractivity contribution in [1.82, 2.24) is 29.6 Å². The van der Waals surface area contributed by atoms with Gasteiger partial charge in [-0.2, -0.15) is 5.10 Å². The summed E-state index contributed by atoms with van der Waals surface area (Å²) in [4.78, 5) is 42.5. The summed E-state index contributed by atoms with van der Waals surface area (Å²) in [6.07, 6.45) is 4.48. The number of amides is 1. The van der Waals surface area contributed by atoms with Gasteiger partial charge in [0.1, 0.15) is 17.0 Å². The molecule has 9 nitrogen and oxygen atoms in total. The third-order valence-electron chi connectivity index (χ3n) is 8.66. The maximum absolute atomic E-state index is 13.9. The summed E-state index contributed by atoms with van der Waals surface area (Å²) in [5.41, 5.74) is 5.65. The number of rotatable bonds is 7. The number of halogens is 1. The summed E-state index contributed by atoms with van der Waals surface area (Å²) in [5, 5.41) is 16.1. The van der Waals surface area contributed by atoms with Crippen molar-refractivity contribution < 1.29 is 14.7 Å². The van der Waals surface area contributed by atoms with Crippen LogP contribution in [0.4, 0.5) is 0 Å². The molecule has 6 rings (SSSR count). The van der Waals surface area contributed by atoms with Crippen LogP contribution in [-0.2, 0) is 22.6 Å². The van der Waals surface area contributed by atoms with E-state index in [0.29, 0.717) is 22.5 Å². The average molecular weight is 618 g/mol. The number of aliphatic hydroxyl groups excluding tert-OH is 1. The molecule has 10 heteroatoms. The zero-order valence-electron chi connectivity index (χ0n) is 23.8. The van der Waals surface area contributed by atoms with Gasteiger partial charge in [0.05, 0.1) is 35.5 Å². The number of fused-ring (bicyclic) bond motifs is 2. The fourth-order valence-electron chi connectivity index (χ4n) is 6.31. The van der Waals surface area contributed by atoms with Crippen molar-refractivity contribution in [3.8, 4) is 11.1 Å². The highest BCUT2D eigenvalue weighted by Crippen LogP contribution is 2.59. The zero-order valence-corrected chi connectivity index (χ0v) is 25.4. The minimum Gasteiger partial charge on any atom is -0.387 e. The molecule has 2 fully saturated rings. The fourth-order valence-corrected chi connectivity index (χ4v) is 6.65. The highest BCUT2D eigenvalue weighted by atomic mass is 79.9. The van der Waals surface area contributed by atoms with E-state index in [1.54, 1.807) is 28.9 Å². The van der Waals surface area contributed by atoms with Crippen LogP contribution in [0, 0.1) is 26.2 Å². The molecule has 1 unspecified atom stereocenters. The molecular weight excluding hydrogens is 584 g/mol. The number of piperidine rings is 1. The van der Waals surface area contributed by atoms with Gasteiger partial charge in [-0.25, -0.2) is 15.0 Å². The lowest BCUT2D eigenvalue weighted by atomic mass is 9.96. The van der Waals surface area contributed by atoms with Crippen molar-refractivity contribution in [2.24, 2.45) is 5.41 Å². The molecule has 4 aromatic rings. The van der Waals surface area contributed by atoms with Crippen LogP contribution < -0.4 is 0 Å². The summed E-state index contributed by atoms with van der Waals surface area (Å²) >= 11 is 3.40. The SMILES string of the molecule is Cc1ncc(-c2cc(C)c3c(c2)c(C(C)O)nn3CC(=O)N2[C@H](C(=O)Cc3nc(Br)ccc3C)C[C@@]3(C)C[C@@H]23)cn1. The van der Waals surface area contributed by atoms with Gasteiger partial charge in [0, 0.05) is 29.4 Å². The van der Waals surface area contributed by atoms with E-state index in [2.05, 4.69) is 37.8 Å². The normalized spacial score (nSPS) is 22.2. The number of hydrogen-bond acceptors (Lipinski definition) is 7. The Labute approximate surface area is 247 Å². The number of Topliss-reactive ketones (excluding diaryl/α,β-unsaturated/α-hetero) is 1. The van der Waals surface area contributed by atoms with Crippen molar-refractivity contribution in [3.05, 3.63) is 69.6 Å². The van der Waals surface area contributed by atoms with Crippen LogP contribution in [0.2, 0.25) is 0 Å². The van der Waals surface area contributed by atoms with Gasteiger partial charge in [-0.1, -0.05) is 13.0 Å². The van der Waals surface area contributed by atoms with Crippen molar-refractivity contribution in [3.63, 3.8) is 0 Å². The van der Waals surface area contributed by atoms with Gasteiger partial charge in [0.25, 0.3) is 0 Å². The van der Waals surface area contributed by atoms with Gasteiger partial charge in [-0.15, -0.1) is 0 Å². The largest absolute Gasteiger partial charge is 0.387 e. The van der Waals surface area contributed by atoms with Crippen molar-refractivity contribution >= 4 is 38.5 Å². The topological polar surface area (TPSA) is 114 Å². The molecule has 1 N–H and O–H groups in total. The van der Waals surface area contributed by atoms with Crippen LogP contribution in [0.5, 0.6) is 0 Å². The summed E-state index contributed by atoms with van der Waals surface area (Å²) in [6.45, 7) is 9.58. The molecule has 4 heterocycles. The number of pyridine rings is 1. The van der Waals surface area contributed by atoms with E-state index in [0.717, 1.165) is 45.3 Å². The molecule has 4 atom stereocenters. The number of aryl methyl sites for hydroxylation is 3. The number of ketones is 1. The summed E-state index contributed by atoms with van der Waals surface area (Å²) in [6, 6.07) is 7.36. The van der Waals surface area contributed by atoms with Crippen LogP contribution in [-0.4, -0.2) is 58.5 Å². The number of likely N-dealkylation sites (tertiary alicyclic amines) is 1. The molecule has 0 bridgehead atoms. The van der Waals surface area contributed by atoms with Crippen molar-refractivity contribution in [2.45, 2.75) is 78.6 Å². The monoisotopic (exact) mass is 616 g/mol.